The van der Waals surface area contributed by atoms with Gasteiger partial charge < -0.3 is 33.8 Å². The number of hydrogen-bond donors (Lipinski definition) is 3. The zero-order valence-electron chi connectivity index (χ0n) is 52.1. The molecule has 0 fully saturated rings. The molecule has 0 aliphatic carbocycles. The zero-order chi connectivity index (χ0) is 60.1. The van der Waals surface area contributed by atoms with E-state index in [4.69, 9.17) is 37.0 Å². The number of phosphoric acid groups is 2. The highest BCUT2D eigenvalue weighted by atomic mass is 31.2. The Labute approximate surface area is 492 Å². The summed E-state index contributed by atoms with van der Waals surface area (Å²) in [5.41, 5.74) is 0. The number of unbranched alkanes of at least 4 members (excludes halogenated alkanes) is 30. The van der Waals surface area contributed by atoms with Gasteiger partial charge in [0.05, 0.1) is 26.4 Å². The lowest BCUT2D eigenvalue weighted by Gasteiger charge is -2.21. The predicted octanol–water partition coefficient (Wildman–Crippen LogP) is 16.9. The first-order chi connectivity index (χ1) is 38.9. The van der Waals surface area contributed by atoms with Gasteiger partial charge in [-0.15, -0.1) is 0 Å². The molecule has 0 amide bonds. The first-order valence-electron chi connectivity index (χ1n) is 32.5. The van der Waals surface area contributed by atoms with Crippen molar-refractivity contribution in [3.05, 3.63) is 0 Å². The van der Waals surface area contributed by atoms with Gasteiger partial charge in [-0.3, -0.25) is 37.3 Å². The van der Waals surface area contributed by atoms with Gasteiger partial charge in [-0.25, -0.2) is 9.13 Å². The number of phosphoric ester groups is 2. The van der Waals surface area contributed by atoms with Gasteiger partial charge in [0.25, 0.3) is 0 Å². The van der Waals surface area contributed by atoms with Crippen LogP contribution in [0.1, 0.15) is 305 Å². The van der Waals surface area contributed by atoms with E-state index in [0.29, 0.717) is 25.7 Å². The molecule has 19 heteroatoms. The van der Waals surface area contributed by atoms with Crippen LogP contribution in [0.25, 0.3) is 0 Å². The average Bonchev–Trinajstić information content (AvgIpc) is 3.43. The van der Waals surface area contributed by atoms with Crippen molar-refractivity contribution in [1.29, 1.82) is 0 Å². The summed E-state index contributed by atoms with van der Waals surface area (Å²) < 4.78 is 67.8. The fourth-order valence-corrected chi connectivity index (χ4v) is 10.7. The first kappa shape index (κ1) is 79.1. The highest BCUT2D eigenvalue weighted by molar-refractivity contribution is 7.47. The number of hydrogen-bond acceptors (Lipinski definition) is 15. The number of rotatable bonds is 61. The summed E-state index contributed by atoms with van der Waals surface area (Å²) in [5.74, 6) is -0.644. The van der Waals surface area contributed by atoms with E-state index < -0.39 is 97.5 Å². The van der Waals surface area contributed by atoms with Crippen LogP contribution in [-0.2, 0) is 65.4 Å². The second-order valence-electron chi connectivity index (χ2n) is 23.2. The Bertz CT molecular complexity index is 1600. The third-order valence-corrected chi connectivity index (χ3v) is 16.5. The highest BCUT2D eigenvalue weighted by Crippen LogP contribution is 2.45. The van der Waals surface area contributed by atoms with E-state index in [0.717, 1.165) is 115 Å². The summed E-state index contributed by atoms with van der Waals surface area (Å²) in [4.78, 5) is 72.0. The van der Waals surface area contributed by atoms with E-state index in [9.17, 15) is 43.2 Å². The predicted molar refractivity (Wildman–Crippen MR) is 321 cm³/mol. The van der Waals surface area contributed by atoms with Crippen molar-refractivity contribution in [2.75, 3.05) is 39.6 Å². The molecule has 0 aromatic heterocycles. The highest BCUT2D eigenvalue weighted by Gasteiger charge is 2.30. The van der Waals surface area contributed by atoms with Crippen LogP contribution in [0.5, 0.6) is 0 Å². The van der Waals surface area contributed by atoms with Crippen LogP contribution < -0.4 is 0 Å². The standard InChI is InChI=1S/C62H120O17P2/c1-7-10-12-14-16-21-26-34-40-46-61(66)78-57(50-72-59(64)44-38-32-25-17-15-13-11-8-2)52-76-80(68,69)74-48-56(63)49-75-81(70,71)77-53-58(51-73-60(65)45-39-33-29-28-31-37-43-55(6)9-3)79-62(67)47-41-35-27-23-20-18-19-22-24-30-36-42-54(4)5/h54-58,63H,7-53H2,1-6H3,(H,68,69)(H,70,71)/t55?,56-,57+,58+/m0/s1. The molecule has 0 aromatic rings. The summed E-state index contributed by atoms with van der Waals surface area (Å²) >= 11 is 0. The molecule has 0 aliphatic heterocycles. The zero-order valence-corrected chi connectivity index (χ0v) is 53.9. The molecular weight excluding hydrogens is 1080 g/mol. The van der Waals surface area contributed by atoms with Gasteiger partial charge in [-0.1, -0.05) is 253 Å². The summed E-state index contributed by atoms with van der Waals surface area (Å²) in [7, 11) is -9.88. The van der Waals surface area contributed by atoms with Crippen molar-refractivity contribution in [3.8, 4) is 0 Å². The second-order valence-corrected chi connectivity index (χ2v) is 26.1. The van der Waals surface area contributed by atoms with Gasteiger partial charge in [0.1, 0.15) is 19.3 Å². The summed E-state index contributed by atoms with van der Waals surface area (Å²) in [5, 5.41) is 10.5. The molecule has 0 saturated heterocycles. The Kier molecular flexibility index (Phi) is 53.4. The molecule has 81 heavy (non-hydrogen) atoms. The monoisotopic (exact) mass is 1200 g/mol. The van der Waals surface area contributed by atoms with Crippen molar-refractivity contribution >= 4 is 39.5 Å². The summed E-state index contributed by atoms with van der Waals surface area (Å²) in [6.45, 7) is 9.40. The third-order valence-electron chi connectivity index (χ3n) is 14.6. The quantitative estimate of drug-likeness (QED) is 0.0222. The fourth-order valence-electron chi connectivity index (χ4n) is 9.15. The molecule has 17 nitrogen and oxygen atoms in total. The third kappa shape index (κ3) is 55.7. The number of aliphatic hydroxyl groups excluding tert-OH is 1. The van der Waals surface area contributed by atoms with Gasteiger partial charge in [0.15, 0.2) is 12.2 Å². The minimum Gasteiger partial charge on any atom is -0.462 e. The Morgan fingerprint density at radius 2 is 0.630 bits per heavy atom. The maximum atomic E-state index is 13.0. The molecular formula is C62H120O17P2. The Morgan fingerprint density at radius 3 is 0.938 bits per heavy atom. The van der Waals surface area contributed by atoms with Crippen LogP contribution in [0, 0.1) is 11.8 Å². The molecule has 0 aromatic carbocycles. The number of aliphatic hydroxyl groups is 1. The summed E-state index contributed by atoms with van der Waals surface area (Å²) in [6.07, 6.45) is 36.2. The first-order valence-corrected chi connectivity index (χ1v) is 35.5. The smallest absolute Gasteiger partial charge is 0.462 e. The van der Waals surface area contributed by atoms with E-state index in [1.165, 1.54) is 109 Å². The van der Waals surface area contributed by atoms with Crippen LogP contribution in [0.2, 0.25) is 0 Å². The molecule has 3 unspecified atom stereocenters. The average molecular weight is 1200 g/mol. The van der Waals surface area contributed by atoms with E-state index in [2.05, 4.69) is 41.5 Å². The molecule has 0 rings (SSSR count). The molecule has 3 N–H and O–H groups in total. The number of carbonyl (C=O) groups is 4. The Hall–Kier alpha value is -1.94. The van der Waals surface area contributed by atoms with Crippen molar-refractivity contribution in [1.82, 2.24) is 0 Å². The molecule has 0 radical (unpaired) electrons. The number of esters is 4. The van der Waals surface area contributed by atoms with Crippen LogP contribution >= 0.6 is 15.6 Å². The second kappa shape index (κ2) is 54.7. The minimum absolute atomic E-state index is 0.105. The fraction of sp³-hybridized carbons (Fsp3) is 0.935. The van der Waals surface area contributed by atoms with Crippen molar-refractivity contribution in [2.24, 2.45) is 11.8 Å². The summed E-state index contributed by atoms with van der Waals surface area (Å²) in [6, 6.07) is 0. The molecule has 0 saturated carbocycles. The molecule has 0 heterocycles. The maximum absolute atomic E-state index is 13.0. The Morgan fingerprint density at radius 1 is 0.358 bits per heavy atom. The molecule has 6 atom stereocenters. The normalized spacial score (nSPS) is 14.7. The topological polar surface area (TPSA) is 237 Å². The lowest BCUT2D eigenvalue weighted by atomic mass is 10.00. The minimum atomic E-state index is -4.94. The maximum Gasteiger partial charge on any atom is 0.472 e. The largest absolute Gasteiger partial charge is 0.472 e. The Balaban J connectivity index is 5.22. The van der Waals surface area contributed by atoms with Gasteiger partial charge >= 0.3 is 39.5 Å². The van der Waals surface area contributed by atoms with Crippen molar-refractivity contribution in [3.63, 3.8) is 0 Å². The molecule has 0 aliphatic rings. The van der Waals surface area contributed by atoms with Crippen LogP contribution in [0.4, 0.5) is 0 Å². The number of ether oxygens (including phenoxy) is 4. The van der Waals surface area contributed by atoms with E-state index >= 15 is 0 Å². The lowest BCUT2D eigenvalue weighted by Crippen LogP contribution is -2.30. The van der Waals surface area contributed by atoms with E-state index in [1.807, 2.05) is 0 Å². The SMILES string of the molecule is CCCCCCCCCCCC(=O)O[C@H](COC(=O)CCCCCCCCCC)COP(=O)(O)OC[C@H](O)COP(=O)(O)OC[C@@H](COC(=O)CCCCCCCCC(C)CC)OC(=O)CCCCCCCCCCCCCC(C)C. The van der Waals surface area contributed by atoms with Crippen LogP contribution in [0.15, 0.2) is 0 Å². The van der Waals surface area contributed by atoms with Gasteiger partial charge in [-0.2, -0.15) is 0 Å². The number of carbonyl (C=O) groups excluding carboxylic acids is 4. The van der Waals surface area contributed by atoms with Crippen molar-refractivity contribution in [2.45, 2.75) is 323 Å². The van der Waals surface area contributed by atoms with Gasteiger partial charge in [-0.05, 0) is 37.5 Å². The molecule has 0 bridgehead atoms. The molecule has 480 valence electrons. The van der Waals surface area contributed by atoms with E-state index in [-0.39, 0.29) is 25.7 Å². The van der Waals surface area contributed by atoms with E-state index in [1.54, 1.807) is 0 Å². The molecule has 0 spiro atoms. The lowest BCUT2D eigenvalue weighted by molar-refractivity contribution is -0.161. The van der Waals surface area contributed by atoms with Crippen molar-refractivity contribution < 1.29 is 80.2 Å². The van der Waals surface area contributed by atoms with Crippen LogP contribution in [-0.4, -0.2) is 96.7 Å². The van der Waals surface area contributed by atoms with Gasteiger partial charge in [0.2, 0.25) is 0 Å². The van der Waals surface area contributed by atoms with Crippen LogP contribution in [0.3, 0.4) is 0 Å². The van der Waals surface area contributed by atoms with Gasteiger partial charge in [0, 0.05) is 25.7 Å².